The number of amides is 1. The van der Waals surface area contributed by atoms with Gasteiger partial charge in [-0.1, -0.05) is 36.4 Å². The van der Waals surface area contributed by atoms with Gasteiger partial charge in [-0.15, -0.1) is 0 Å². The van der Waals surface area contributed by atoms with Crippen LogP contribution in [-0.4, -0.2) is 29.0 Å². The number of hydrogen-bond acceptors (Lipinski definition) is 3. The van der Waals surface area contributed by atoms with E-state index in [0.717, 1.165) is 28.6 Å². The molecule has 1 N–H and O–H groups in total. The molecule has 0 unspecified atom stereocenters. The Kier molecular flexibility index (Phi) is 3.99. The largest absolute Gasteiger partial charge is 0.448 e. The molecule has 2 aromatic carbocycles. The van der Waals surface area contributed by atoms with Gasteiger partial charge in [-0.25, -0.2) is 4.79 Å². The molecule has 5 nitrogen and oxygen atoms in total. The van der Waals surface area contributed by atoms with Crippen molar-refractivity contribution in [3.8, 4) is 0 Å². The summed E-state index contributed by atoms with van der Waals surface area (Å²) < 4.78 is 5.44. The quantitative estimate of drug-likeness (QED) is 0.734. The lowest BCUT2D eigenvalue weighted by molar-refractivity contribution is -0.126. The highest BCUT2D eigenvalue weighted by Crippen LogP contribution is 2.32. The molecular formula is C21H20N2O3. The molecule has 26 heavy (non-hydrogen) atoms. The highest BCUT2D eigenvalue weighted by molar-refractivity contribution is 6.01. The number of benzene rings is 2. The standard InChI is InChI=1S/C21H20N2O3/c1-13-11-16-8-4-6-10-19(16)23(13)20(24)14(2)26-21(25)18-12-15-7-3-5-9-17(15)22-18/h3-10,12-14,22H,11H2,1-2H3/t13-,14-/m1/s1. The predicted octanol–water partition coefficient (Wildman–Crippen LogP) is 3.69. The van der Waals surface area contributed by atoms with Crippen LogP contribution in [-0.2, 0) is 16.0 Å². The van der Waals surface area contributed by atoms with E-state index in [1.165, 1.54) is 0 Å². The molecule has 0 spiro atoms. The molecule has 0 saturated carbocycles. The van der Waals surface area contributed by atoms with Gasteiger partial charge in [0.15, 0.2) is 6.10 Å². The van der Waals surface area contributed by atoms with Crippen molar-refractivity contribution >= 4 is 28.5 Å². The van der Waals surface area contributed by atoms with Crippen LogP contribution in [0.2, 0.25) is 0 Å². The zero-order chi connectivity index (χ0) is 18.3. The Bertz CT molecular complexity index is 959. The van der Waals surface area contributed by atoms with Crippen LogP contribution in [0.4, 0.5) is 5.69 Å². The van der Waals surface area contributed by atoms with E-state index >= 15 is 0 Å². The molecule has 132 valence electrons. The molecule has 0 fully saturated rings. The van der Waals surface area contributed by atoms with Crippen LogP contribution < -0.4 is 4.90 Å². The first kappa shape index (κ1) is 16.4. The van der Waals surface area contributed by atoms with Crippen LogP contribution in [0.1, 0.15) is 29.9 Å². The van der Waals surface area contributed by atoms with E-state index in [4.69, 9.17) is 4.74 Å². The van der Waals surface area contributed by atoms with Crippen LogP contribution in [0.3, 0.4) is 0 Å². The summed E-state index contributed by atoms with van der Waals surface area (Å²) in [5.74, 6) is -0.728. The first-order valence-electron chi connectivity index (χ1n) is 8.74. The van der Waals surface area contributed by atoms with Gasteiger partial charge in [-0.05, 0) is 44.0 Å². The Labute approximate surface area is 151 Å². The second-order valence-corrected chi connectivity index (χ2v) is 6.71. The third-order valence-electron chi connectivity index (χ3n) is 4.83. The van der Waals surface area contributed by atoms with Crippen molar-refractivity contribution in [3.05, 3.63) is 65.9 Å². The average Bonchev–Trinajstić information content (AvgIpc) is 3.21. The minimum absolute atomic E-state index is 0.0501. The first-order chi connectivity index (χ1) is 12.5. The summed E-state index contributed by atoms with van der Waals surface area (Å²) in [5, 5.41) is 0.931. The van der Waals surface area contributed by atoms with Gasteiger partial charge in [0.2, 0.25) is 0 Å². The molecule has 5 heteroatoms. The molecule has 0 bridgehead atoms. The molecule has 1 aromatic heterocycles. The van der Waals surface area contributed by atoms with Gasteiger partial charge in [-0.3, -0.25) is 4.79 Å². The number of rotatable bonds is 3. The number of carbonyl (C=O) groups is 2. The molecule has 2 atom stereocenters. The van der Waals surface area contributed by atoms with E-state index in [1.54, 1.807) is 17.9 Å². The number of nitrogens with one attached hydrogen (secondary N) is 1. The number of hydrogen-bond donors (Lipinski definition) is 1. The van der Waals surface area contributed by atoms with Gasteiger partial charge in [0.1, 0.15) is 5.69 Å². The van der Waals surface area contributed by atoms with Gasteiger partial charge < -0.3 is 14.6 Å². The van der Waals surface area contributed by atoms with Crippen molar-refractivity contribution in [3.63, 3.8) is 0 Å². The molecule has 2 heterocycles. The van der Waals surface area contributed by atoms with E-state index in [9.17, 15) is 9.59 Å². The molecule has 3 aromatic rings. The topological polar surface area (TPSA) is 62.4 Å². The number of para-hydroxylation sites is 2. The lowest BCUT2D eigenvalue weighted by Crippen LogP contribution is -2.43. The van der Waals surface area contributed by atoms with E-state index < -0.39 is 12.1 Å². The lowest BCUT2D eigenvalue weighted by atomic mass is 10.1. The Morgan fingerprint density at radius 2 is 1.88 bits per heavy atom. The van der Waals surface area contributed by atoms with Crippen molar-refractivity contribution in [2.45, 2.75) is 32.4 Å². The molecule has 1 amide bonds. The summed E-state index contributed by atoms with van der Waals surface area (Å²) in [4.78, 5) is 30.1. The maximum Gasteiger partial charge on any atom is 0.355 e. The summed E-state index contributed by atoms with van der Waals surface area (Å²) in [6.07, 6.45) is -0.0487. The predicted molar refractivity (Wildman–Crippen MR) is 100 cm³/mol. The maximum absolute atomic E-state index is 12.9. The van der Waals surface area contributed by atoms with Gasteiger partial charge >= 0.3 is 5.97 Å². The second kappa shape index (κ2) is 6.33. The molecule has 4 rings (SSSR count). The fourth-order valence-electron chi connectivity index (χ4n) is 3.56. The minimum atomic E-state index is -0.859. The van der Waals surface area contributed by atoms with Crippen molar-refractivity contribution in [1.82, 2.24) is 4.98 Å². The third kappa shape index (κ3) is 2.75. The van der Waals surface area contributed by atoms with Crippen LogP contribution in [0.15, 0.2) is 54.6 Å². The third-order valence-corrected chi connectivity index (χ3v) is 4.83. The molecule has 1 aliphatic heterocycles. The molecular weight excluding hydrogens is 328 g/mol. The Hall–Kier alpha value is -3.08. The first-order valence-corrected chi connectivity index (χ1v) is 8.74. The molecule has 0 saturated heterocycles. The smallest absolute Gasteiger partial charge is 0.355 e. The number of anilines is 1. The van der Waals surface area contributed by atoms with E-state index in [0.29, 0.717) is 5.69 Å². The molecule has 0 radical (unpaired) electrons. The number of aromatic nitrogens is 1. The normalized spacial score (nSPS) is 17.2. The molecule has 1 aliphatic rings. The summed E-state index contributed by atoms with van der Waals surface area (Å²) in [5.41, 5.74) is 3.25. The van der Waals surface area contributed by atoms with E-state index in [1.807, 2.05) is 55.5 Å². The van der Waals surface area contributed by atoms with Gasteiger partial charge in [-0.2, -0.15) is 0 Å². The zero-order valence-electron chi connectivity index (χ0n) is 14.7. The summed E-state index contributed by atoms with van der Waals surface area (Å²) >= 11 is 0. The summed E-state index contributed by atoms with van der Waals surface area (Å²) in [6, 6.07) is 17.2. The van der Waals surface area contributed by atoms with E-state index in [-0.39, 0.29) is 11.9 Å². The summed E-state index contributed by atoms with van der Waals surface area (Å²) in [7, 11) is 0. The Balaban J connectivity index is 1.51. The van der Waals surface area contributed by atoms with Crippen molar-refractivity contribution in [2.75, 3.05) is 4.90 Å². The Morgan fingerprint density at radius 1 is 1.15 bits per heavy atom. The van der Waals surface area contributed by atoms with Crippen molar-refractivity contribution in [1.29, 1.82) is 0 Å². The monoisotopic (exact) mass is 348 g/mol. The van der Waals surface area contributed by atoms with Crippen molar-refractivity contribution < 1.29 is 14.3 Å². The number of carbonyl (C=O) groups excluding carboxylic acids is 2. The Morgan fingerprint density at radius 3 is 2.69 bits per heavy atom. The van der Waals surface area contributed by atoms with Crippen LogP contribution in [0.5, 0.6) is 0 Å². The number of nitrogens with zero attached hydrogens (tertiary/aromatic N) is 1. The fourth-order valence-corrected chi connectivity index (χ4v) is 3.56. The number of esters is 1. The van der Waals surface area contributed by atoms with Crippen molar-refractivity contribution in [2.24, 2.45) is 0 Å². The lowest BCUT2D eigenvalue weighted by Gasteiger charge is -2.25. The highest BCUT2D eigenvalue weighted by atomic mass is 16.5. The maximum atomic E-state index is 12.9. The van der Waals surface area contributed by atoms with Crippen LogP contribution >= 0.6 is 0 Å². The highest BCUT2D eigenvalue weighted by Gasteiger charge is 2.34. The zero-order valence-corrected chi connectivity index (χ0v) is 14.7. The average molecular weight is 348 g/mol. The number of ether oxygens (including phenoxy) is 1. The summed E-state index contributed by atoms with van der Waals surface area (Å²) in [6.45, 7) is 3.63. The SMILES string of the molecule is C[C@@H]1Cc2ccccc2N1C(=O)[C@@H](C)OC(=O)c1cc2ccccc2[nH]1. The van der Waals surface area contributed by atoms with Gasteiger partial charge in [0.05, 0.1) is 0 Å². The van der Waals surface area contributed by atoms with Crippen LogP contribution in [0, 0.1) is 0 Å². The molecule has 0 aliphatic carbocycles. The second-order valence-electron chi connectivity index (χ2n) is 6.71. The van der Waals surface area contributed by atoms with Crippen LogP contribution in [0.25, 0.3) is 10.9 Å². The van der Waals surface area contributed by atoms with Gasteiger partial charge in [0, 0.05) is 22.6 Å². The fraction of sp³-hybridized carbons (Fsp3) is 0.238. The number of fused-ring (bicyclic) bond motifs is 2. The minimum Gasteiger partial charge on any atom is -0.448 e. The number of H-pyrrole nitrogens is 1. The number of aromatic amines is 1. The van der Waals surface area contributed by atoms with Gasteiger partial charge in [0.25, 0.3) is 5.91 Å². The van der Waals surface area contributed by atoms with E-state index in [2.05, 4.69) is 4.98 Å².